The summed E-state index contributed by atoms with van der Waals surface area (Å²) in [4.78, 5) is 12.1. The summed E-state index contributed by atoms with van der Waals surface area (Å²) in [6, 6.07) is 7.71. The first-order valence-corrected chi connectivity index (χ1v) is 6.04. The maximum atomic E-state index is 12.1. The van der Waals surface area contributed by atoms with E-state index in [9.17, 15) is 4.79 Å². The van der Waals surface area contributed by atoms with E-state index in [-0.39, 0.29) is 19.1 Å². The van der Waals surface area contributed by atoms with Crippen molar-refractivity contribution >= 4 is 5.97 Å². The molecule has 0 aliphatic heterocycles. The number of esters is 1. The second kappa shape index (κ2) is 6.52. The molecule has 18 heavy (non-hydrogen) atoms. The van der Waals surface area contributed by atoms with Crippen molar-refractivity contribution in [2.24, 2.45) is 5.73 Å². The molecule has 4 heteroatoms. The summed E-state index contributed by atoms with van der Waals surface area (Å²) >= 11 is 0. The number of methoxy groups -OCH3 is 1. The van der Waals surface area contributed by atoms with E-state index in [4.69, 9.17) is 15.2 Å². The van der Waals surface area contributed by atoms with Crippen LogP contribution < -0.4 is 5.73 Å². The topological polar surface area (TPSA) is 61.5 Å². The molecule has 0 aliphatic rings. The van der Waals surface area contributed by atoms with Gasteiger partial charge in [-0.25, -0.2) is 0 Å². The van der Waals surface area contributed by atoms with Gasteiger partial charge in [0.25, 0.3) is 0 Å². The zero-order chi connectivity index (χ0) is 13.6. The van der Waals surface area contributed by atoms with Gasteiger partial charge in [0.2, 0.25) is 0 Å². The Hall–Kier alpha value is -1.39. The first-order chi connectivity index (χ1) is 8.60. The third-order valence-electron chi connectivity index (χ3n) is 3.08. The fraction of sp³-hybridized carbons (Fsp3) is 0.500. The summed E-state index contributed by atoms with van der Waals surface area (Å²) in [5, 5.41) is 0. The van der Waals surface area contributed by atoms with E-state index in [2.05, 4.69) is 0 Å². The van der Waals surface area contributed by atoms with Crippen LogP contribution in [0.2, 0.25) is 0 Å². The molecule has 2 N–H and O–H groups in total. The predicted octanol–water partition coefficient (Wildman–Crippen LogP) is 1.40. The fourth-order valence-electron chi connectivity index (χ4n) is 1.86. The highest BCUT2D eigenvalue weighted by Gasteiger charge is 2.40. The lowest BCUT2D eigenvalue weighted by Gasteiger charge is -2.29. The molecule has 0 amide bonds. The van der Waals surface area contributed by atoms with E-state index in [0.717, 1.165) is 11.1 Å². The molecule has 0 radical (unpaired) electrons. The number of rotatable bonds is 6. The van der Waals surface area contributed by atoms with Gasteiger partial charge in [-0.15, -0.1) is 0 Å². The molecule has 0 saturated heterocycles. The Kier molecular flexibility index (Phi) is 5.31. The van der Waals surface area contributed by atoms with Gasteiger partial charge >= 0.3 is 5.97 Å². The SMILES string of the molecule is CCOCC(CN)(C(=O)OC)c1ccc(C)cc1. The van der Waals surface area contributed by atoms with Crippen LogP contribution in [-0.4, -0.2) is 32.8 Å². The summed E-state index contributed by atoms with van der Waals surface area (Å²) in [5.41, 5.74) is 6.86. The maximum absolute atomic E-state index is 12.1. The Morgan fingerprint density at radius 3 is 2.39 bits per heavy atom. The van der Waals surface area contributed by atoms with Crippen LogP contribution >= 0.6 is 0 Å². The summed E-state index contributed by atoms with van der Waals surface area (Å²) in [6.07, 6.45) is 0. The van der Waals surface area contributed by atoms with E-state index < -0.39 is 5.41 Å². The number of hydrogen-bond acceptors (Lipinski definition) is 4. The highest BCUT2D eigenvalue weighted by molar-refractivity contribution is 5.83. The minimum atomic E-state index is -0.918. The van der Waals surface area contributed by atoms with Gasteiger partial charge in [-0.2, -0.15) is 0 Å². The minimum absolute atomic E-state index is 0.155. The Morgan fingerprint density at radius 1 is 1.33 bits per heavy atom. The molecule has 1 aromatic carbocycles. The molecule has 0 bridgehead atoms. The molecule has 0 spiro atoms. The Balaban J connectivity index is 3.16. The standard InChI is InChI=1S/C14H21NO3/c1-4-18-10-14(9-15,13(16)17-3)12-7-5-11(2)6-8-12/h5-8H,4,9-10,15H2,1-3H3. The zero-order valence-electron chi connectivity index (χ0n) is 11.2. The van der Waals surface area contributed by atoms with Crippen molar-refractivity contribution in [1.82, 2.24) is 0 Å². The van der Waals surface area contributed by atoms with Gasteiger partial charge in [-0.05, 0) is 19.4 Å². The lowest BCUT2D eigenvalue weighted by Crippen LogP contribution is -2.47. The van der Waals surface area contributed by atoms with Gasteiger partial charge in [0.05, 0.1) is 13.7 Å². The number of carbonyl (C=O) groups is 1. The monoisotopic (exact) mass is 251 g/mol. The maximum Gasteiger partial charge on any atom is 0.319 e. The molecule has 1 aromatic rings. The van der Waals surface area contributed by atoms with Crippen molar-refractivity contribution in [3.05, 3.63) is 35.4 Å². The number of carbonyl (C=O) groups excluding carboxylic acids is 1. The van der Waals surface area contributed by atoms with Gasteiger partial charge in [0.15, 0.2) is 0 Å². The normalized spacial score (nSPS) is 14.0. The average molecular weight is 251 g/mol. The van der Waals surface area contributed by atoms with Crippen LogP contribution in [0.5, 0.6) is 0 Å². The van der Waals surface area contributed by atoms with Crippen molar-refractivity contribution in [2.75, 3.05) is 26.9 Å². The summed E-state index contributed by atoms with van der Waals surface area (Å²) in [6.45, 7) is 4.80. The first-order valence-electron chi connectivity index (χ1n) is 6.04. The van der Waals surface area contributed by atoms with Gasteiger partial charge in [0.1, 0.15) is 5.41 Å². The molecule has 0 fully saturated rings. The quantitative estimate of drug-likeness (QED) is 0.776. The predicted molar refractivity (Wildman–Crippen MR) is 70.4 cm³/mol. The largest absolute Gasteiger partial charge is 0.468 e. The molecular weight excluding hydrogens is 230 g/mol. The van der Waals surface area contributed by atoms with Gasteiger partial charge in [-0.1, -0.05) is 29.8 Å². The van der Waals surface area contributed by atoms with Crippen LogP contribution in [0, 0.1) is 6.92 Å². The Bertz CT molecular complexity index is 389. The van der Waals surface area contributed by atoms with Crippen LogP contribution in [0.1, 0.15) is 18.1 Å². The number of aryl methyl sites for hydroxylation is 1. The van der Waals surface area contributed by atoms with Gasteiger partial charge < -0.3 is 15.2 Å². The van der Waals surface area contributed by atoms with E-state index >= 15 is 0 Å². The second-order valence-electron chi connectivity index (χ2n) is 4.28. The van der Waals surface area contributed by atoms with Crippen molar-refractivity contribution in [1.29, 1.82) is 0 Å². The second-order valence-corrected chi connectivity index (χ2v) is 4.28. The summed E-state index contributed by atoms with van der Waals surface area (Å²) in [5.74, 6) is -0.359. The molecule has 0 saturated carbocycles. The summed E-state index contributed by atoms with van der Waals surface area (Å²) in [7, 11) is 1.37. The Labute approximate surface area is 108 Å². The molecule has 0 aromatic heterocycles. The highest BCUT2D eigenvalue weighted by Crippen LogP contribution is 2.26. The summed E-state index contributed by atoms with van der Waals surface area (Å²) < 4.78 is 10.3. The minimum Gasteiger partial charge on any atom is -0.468 e. The smallest absolute Gasteiger partial charge is 0.319 e. The van der Waals surface area contributed by atoms with Gasteiger partial charge in [0, 0.05) is 13.2 Å². The molecule has 1 atom stereocenters. The number of hydrogen-bond donors (Lipinski definition) is 1. The third-order valence-corrected chi connectivity index (χ3v) is 3.08. The van der Waals surface area contributed by atoms with E-state index in [0.29, 0.717) is 6.61 Å². The van der Waals surface area contributed by atoms with Crippen LogP contribution in [0.25, 0.3) is 0 Å². The first kappa shape index (κ1) is 14.7. The molecule has 1 unspecified atom stereocenters. The fourth-order valence-corrected chi connectivity index (χ4v) is 1.86. The number of ether oxygens (including phenoxy) is 2. The molecular formula is C14H21NO3. The zero-order valence-corrected chi connectivity index (χ0v) is 11.2. The molecule has 0 heterocycles. The molecule has 0 aliphatic carbocycles. The Morgan fingerprint density at radius 2 is 1.94 bits per heavy atom. The number of nitrogens with two attached hydrogens (primary N) is 1. The molecule has 4 nitrogen and oxygen atoms in total. The average Bonchev–Trinajstić information content (AvgIpc) is 2.41. The molecule has 100 valence electrons. The van der Waals surface area contributed by atoms with Crippen LogP contribution in [-0.2, 0) is 19.7 Å². The van der Waals surface area contributed by atoms with E-state index in [1.165, 1.54) is 7.11 Å². The van der Waals surface area contributed by atoms with Crippen LogP contribution in [0.4, 0.5) is 0 Å². The third kappa shape index (κ3) is 2.89. The van der Waals surface area contributed by atoms with Crippen molar-refractivity contribution < 1.29 is 14.3 Å². The van der Waals surface area contributed by atoms with Crippen molar-refractivity contribution in [2.45, 2.75) is 19.3 Å². The van der Waals surface area contributed by atoms with Crippen LogP contribution in [0.3, 0.4) is 0 Å². The van der Waals surface area contributed by atoms with E-state index in [1.54, 1.807) is 0 Å². The lowest BCUT2D eigenvalue weighted by molar-refractivity contribution is -0.149. The molecule has 1 rings (SSSR count). The lowest BCUT2D eigenvalue weighted by atomic mass is 9.81. The van der Waals surface area contributed by atoms with Crippen molar-refractivity contribution in [3.63, 3.8) is 0 Å². The van der Waals surface area contributed by atoms with Crippen LogP contribution in [0.15, 0.2) is 24.3 Å². The van der Waals surface area contributed by atoms with Crippen molar-refractivity contribution in [3.8, 4) is 0 Å². The highest BCUT2D eigenvalue weighted by atomic mass is 16.5. The number of benzene rings is 1. The van der Waals surface area contributed by atoms with E-state index in [1.807, 2.05) is 38.1 Å². The van der Waals surface area contributed by atoms with Gasteiger partial charge in [-0.3, -0.25) is 4.79 Å².